The van der Waals surface area contributed by atoms with E-state index in [1.54, 1.807) is 0 Å². The van der Waals surface area contributed by atoms with Crippen LogP contribution in [0.15, 0.2) is 42.5 Å². The van der Waals surface area contributed by atoms with Gasteiger partial charge in [-0.15, -0.1) is 0 Å². The summed E-state index contributed by atoms with van der Waals surface area (Å²) in [4.78, 5) is 10.6. The number of benzene rings is 2. The zero-order chi connectivity index (χ0) is 23.4. The van der Waals surface area contributed by atoms with E-state index in [0.29, 0.717) is 6.04 Å². The van der Waals surface area contributed by atoms with Crippen LogP contribution in [0.3, 0.4) is 0 Å². The molecule has 4 nitrogen and oxygen atoms in total. The fourth-order valence-corrected chi connectivity index (χ4v) is 6.64. The SMILES string of the molecule is Cc1cc(C)c(-n2c3ccccc3c3c(N4CCC[C@H]4CN4CCCC4)cc(C)nc32)c(C)c1. The molecule has 176 valence electrons. The third kappa shape index (κ3) is 3.51. The summed E-state index contributed by atoms with van der Waals surface area (Å²) in [5.74, 6) is 0. The van der Waals surface area contributed by atoms with Crippen molar-refractivity contribution >= 4 is 27.6 Å². The molecule has 0 amide bonds. The van der Waals surface area contributed by atoms with Gasteiger partial charge >= 0.3 is 0 Å². The molecule has 0 saturated carbocycles. The molecule has 4 heterocycles. The monoisotopic (exact) mass is 452 g/mol. The number of likely N-dealkylation sites (tertiary alicyclic amines) is 1. The van der Waals surface area contributed by atoms with Gasteiger partial charge in [0.2, 0.25) is 0 Å². The van der Waals surface area contributed by atoms with E-state index in [9.17, 15) is 0 Å². The summed E-state index contributed by atoms with van der Waals surface area (Å²) in [7, 11) is 0. The highest BCUT2D eigenvalue weighted by molar-refractivity contribution is 6.14. The van der Waals surface area contributed by atoms with E-state index >= 15 is 0 Å². The summed E-state index contributed by atoms with van der Waals surface area (Å²) in [6.07, 6.45) is 5.27. The van der Waals surface area contributed by atoms with Crippen molar-refractivity contribution in [2.75, 3.05) is 31.1 Å². The smallest absolute Gasteiger partial charge is 0.147 e. The number of hydrogen-bond donors (Lipinski definition) is 0. The third-order valence-corrected chi connectivity index (χ3v) is 7.95. The van der Waals surface area contributed by atoms with E-state index < -0.39 is 0 Å². The molecule has 2 aliphatic rings. The van der Waals surface area contributed by atoms with E-state index in [1.165, 1.54) is 89.7 Å². The summed E-state index contributed by atoms with van der Waals surface area (Å²) >= 11 is 0. The quantitative estimate of drug-likeness (QED) is 0.354. The molecule has 0 unspecified atom stereocenters. The topological polar surface area (TPSA) is 24.3 Å². The summed E-state index contributed by atoms with van der Waals surface area (Å²) in [6, 6.07) is 16.4. The molecule has 2 aromatic heterocycles. The average molecular weight is 453 g/mol. The van der Waals surface area contributed by atoms with Crippen molar-refractivity contribution in [1.29, 1.82) is 0 Å². The number of aryl methyl sites for hydroxylation is 4. The lowest BCUT2D eigenvalue weighted by atomic mass is 10.0. The van der Waals surface area contributed by atoms with Crippen LogP contribution in [-0.2, 0) is 0 Å². The largest absolute Gasteiger partial charge is 0.367 e. The third-order valence-electron chi connectivity index (χ3n) is 7.95. The van der Waals surface area contributed by atoms with Gasteiger partial charge in [-0.1, -0.05) is 35.9 Å². The number of fused-ring (bicyclic) bond motifs is 3. The van der Waals surface area contributed by atoms with Crippen molar-refractivity contribution in [3.63, 3.8) is 0 Å². The van der Waals surface area contributed by atoms with Crippen LogP contribution in [0.5, 0.6) is 0 Å². The molecule has 0 spiro atoms. The lowest BCUT2D eigenvalue weighted by molar-refractivity contribution is 0.314. The second-order valence-corrected chi connectivity index (χ2v) is 10.6. The van der Waals surface area contributed by atoms with Crippen LogP contribution in [0.1, 0.15) is 48.1 Å². The van der Waals surface area contributed by atoms with Crippen LogP contribution < -0.4 is 4.90 Å². The number of anilines is 1. The van der Waals surface area contributed by atoms with E-state index in [1.807, 2.05) is 0 Å². The number of nitrogens with zero attached hydrogens (tertiary/aromatic N) is 4. The first-order valence-electron chi connectivity index (χ1n) is 13.0. The van der Waals surface area contributed by atoms with Crippen molar-refractivity contribution in [1.82, 2.24) is 14.5 Å². The molecule has 0 radical (unpaired) electrons. The molecule has 4 heteroatoms. The number of rotatable bonds is 4. The normalized spacial score (nSPS) is 19.2. The number of para-hydroxylation sites is 1. The highest BCUT2D eigenvalue weighted by Gasteiger charge is 2.30. The van der Waals surface area contributed by atoms with Gasteiger partial charge in [-0.3, -0.25) is 4.57 Å². The standard InChI is InChI=1S/C30H36N4/c1-20-16-21(2)29(22(3)17-20)34-26-12-6-5-11-25(26)28-27(18-23(4)31-30(28)34)33-15-9-10-24(33)19-32-13-7-8-14-32/h5-6,11-12,16-18,24H,7-10,13-15,19H2,1-4H3/t24-/m0/s1. The van der Waals surface area contributed by atoms with Crippen molar-refractivity contribution in [3.8, 4) is 5.69 Å². The Balaban J connectivity index is 1.59. The van der Waals surface area contributed by atoms with Crippen LogP contribution in [0.4, 0.5) is 5.69 Å². The molecule has 1 atom stereocenters. The molecule has 2 aliphatic heterocycles. The second-order valence-electron chi connectivity index (χ2n) is 10.6. The van der Waals surface area contributed by atoms with E-state index in [4.69, 9.17) is 4.98 Å². The Bertz CT molecular complexity index is 1350. The van der Waals surface area contributed by atoms with Gasteiger partial charge in [-0.2, -0.15) is 0 Å². The number of pyridine rings is 1. The first-order valence-corrected chi connectivity index (χ1v) is 13.0. The molecule has 4 aromatic rings. The Morgan fingerprint density at radius 3 is 2.38 bits per heavy atom. The molecular formula is C30H36N4. The summed E-state index contributed by atoms with van der Waals surface area (Å²) in [5, 5.41) is 2.63. The molecule has 0 N–H and O–H groups in total. The molecule has 2 fully saturated rings. The fraction of sp³-hybridized carbons (Fsp3) is 0.433. The summed E-state index contributed by atoms with van der Waals surface area (Å²) < 4.78 is 2.43. The predicted octanol–water partition coefficient (Wildman–Crippen LogP) is 6.48. The van der Waals surface area contributed by atoms with Crippen molar-refractivity contribution in [2.45, 2.75) is 59.4 Å². The second kappa shape index (κ2) is 8.42. The minimum atomic E-state index is 0.591. The van der Waals surface area contributed by atoms with E-state index in [-0.39, 0.29) is 0 Å². The first kappa shape index (κ1) is 21.7. The summed E-state index contributed by atoms with van der Waals surface area (Å²) in [6.45, 7) is 13.7. The predicted molar refractivity (Wildman–Crippen MR) is 144 cm³/mol. The zero-order valence-corrected chi connectivity index (χ0v) is 21.1. The fourth-order valence-electron chi connectivity index (χ4n) is 6.64. The van der Waals surface area contributed by atoms with Crippen LogP contribution in [-0.4, -0.2) is 46.7 Å². The van der Waals surface area contributed by atoms with Gasteiger partial charge in [-0.25, -0.2) is 4.98 Å². The lowest BCUT2D eigenvalue weighted by Crippen LogP contribution is -2.39. The maximum atomic E-state index is 5.18. The van der Waals surface area contributed by atoms with Crippen LogP contribution in [0.2, 0.25) is 0 Å². The van der Waals surface area contributed by atoms with Crippen molar-refractivity contribution in [3.05, 3.63) is 64.8 Å². The zero-order valence-electron chi connectivity index (χ0n) is 21.1. The van der Waals surface area contributed by atoms with Crippen LogP contribution in [0.25, 0.3) is 27.6 Å². The molecule has 0 bridgehead atoms. The van der Waals surface area contributed by atoms with Gasteiger partial charge in [0.15, 0.2) is 0 Å². The van der Waals surface area contributed by atoms with Gasteiger partial charge in [0.1, 0.15) is 5.65 Å². The molecule has 2 aromatic carbocycles. The van der Waals surface area contributed by atoms with Gasteiger partial charge in [-0.05, 0) is 89.7 Å². The van der Waals surface area contributed by atoms with Crippen LogP contribution >= 0.6 is 0 Å². The first-order chi connectivity index (χ1) is 16.5. The molecular weight excluding hydrogens is 416 g/mol. The van der Waals surface area contributed by atoms with Gasteiger partial charge in [0, 0.05) is 30.2 Å². The Labute approximate surface area is 203 Å². The minimum absolute atomic E-state index is 0.591. The molecule has 34 heavy (non-hydrogen) atoms. The van der Waals surface area contributed by atoms with E-state index in [2.05, 4.69) is 84.5 Å². The Hall–Kier alpha value is -2.85. The Kier molecular flexibility index (Phi) is 5.37. The Morgan fingerprint density at radius 2 is 1.62 bits per heavy atom. The van der Waals surface area contributed by atoms with Gasteiger partial charge in [0.05, 0.1) is 22.3 Å². The Morgan fingerprint density at radius 1 is 0.882 bits per heavy atom. The summed E-state index contributed by atoms with van der Waals surface area (Å²) in [5.41, 5.74) is 10.0. The van der Waals surface area contributed by atoms with E-state index in [0.717, 1.165) is 17.9 Å². The number of aromatic nitrogens is 2. The lowest BCUT2D eigenvalue weighted by Gasteiger charge is -2.31. The molecule has 2 saturated heterocycles. The maximum absolute atomic E-state index is 5.18. The van der Waals surface area contributed by atoms with Crippen LogP contribution in [0, 0.1) is 27.7 Å². The van der Waals surface area contributed by atoms with Crippen molar-refractivity contribution < 1.29 is 0 Å². The number of hydrogen-bond acceptors (Lipinski definition) is 3. The van der Waals surface area contributed by atoms with Gasteiger partial charge in [0.25, 0.3) is 0 Å². The highest BCUT2D eigenvalue weighted by Crippen LogP contribution is 2.41. The minimum Gasteiger partial charge on any atom is -0.367 e. The van der Waals surface area contributed by atoms with Gasteiger partial charge < -0.3 is 9.80 Å². The maximum Gasteiger partial charge on any atom is 0.147 e. The van der Waals surface area contributed by atoms with Crippen molar-refractivity contribution in [2.24, 2.45) is 0 Å². The molecule has 0 aliphatic carbocycles. The highest BCUT2D eigenvalue weighted by atomic mass is 15.2. The average Bonchev–Trinajstić information content (AvgIpc) is 3.53. The molecule has 6 rings (SSSR count).